The van der Waals surface area contributed by atoms with Gasteiger partial charge in [-0.25, -0.2) is 4.98 Å². The number of unbranched alkanes of at least 4 members (excludes halogenated alkanes) is 4. The zero-order valence-electron chi connectivity index (χ0n) is 12.0. The van der Waals surface area contributed by atoms with Gasteiger partial charge in [0, 0.05) is 5.41 Å². The second kappa shape index (κ2) is 7.55. The van der Waals surface area contributed by atoms with Gasteiger partial charge in [0.15, 0.2) is 0 Å². The van der Waals surface area contributed by atoms with E-state index in [0.29, 0.717) is 5.89 Å². The van der Waals surface area contributed by atoms with E-state index in [1.165, 1.54) is 25.5 Å². The van der Waals surface area contributed by atoms with Crippen LogP contribution >= 0.6 is 0 Å². The summed E-state index contributed by atoms with van der Waals surface area (Å²) in [6.07, 6.45) is 10.4. The maximum atomic E-state index is 13.0. The van der Waals surface area contributed by atoms with Crippen LogP contribution in [0.4, 0.5) is 4.39 Å². The maximum Gasteiger partial charge on any atom is 0.298 e. The summed E-state index contributed by atoms with van der Waals surface area (Å²) in [6, 6.07) is -0.568. The second-order valence-corrected chi connectivity index (χ2v) is 5.44. The molecule has 0 saturated carbocycles. The van der Waals surface area contributed by atoms with Crippen molar-refractivity contribution >= 4 is 0 Å². The van der Waals surface area contributed by atoms with Gasteiger partial charge >= 0.3 is 0 Å². The molecule has 0 aliphatic heterocycles. The van der Waals surface area contributed by atoms with Gasteiger partial charge in [-0.05, 0) is 12.8 Å². The van der Waals surface area contributed by atoms with Crippen molar-refractivity contribution in [2.75, 3.05) is 0 Å². The highest BCUT2D eigenvalue weighted by molar-refractivity contribution is 5.02. The van der Waals surface area contributed by atoms with Gasteiger partial charge in [-0.1, -0.05) is 59.3 Å². The highest BCUT2D eigenvalue weighted by atomic mass is 19.1. The molecular weight excluding hydrogens is 229 g/mol. The van der Waals surface area contributed by atoms with Crippen molar-refractivity contribution in [1.82, 2.24) is 4.98 Å². The Labute approximate surface area is 110 Å². The lowest BCUT2D eigenvalue weighted by Crippen LogP contribution is -2.22. The van der Waals surface area contributed by atoms with Crippen molar-refractivity contribution in [1.29, 1.82) is 0 Å². The number of hydrogen-bond acceptors (Lipinski definition) is 2. The Kier molecular flexibility index (Phi) is 6.37. The largest absolute Gasteiger partial charge is 0.415 e. The van der Waals surface area contributed by atoms with E-state index in [2.05, 4.69) is 25.8 Å². The SMILES string of the molecule is CCCCCCC(C)(CCCC)c1ncc(F)o1. The van der Waals surface area contributed by atoms with E-state index < -0.39 is 6.01 Å². The highest BCUT2D eigenvalue weighted by Crippen LogP contribution is 2.34. The molecule has 0 N–H and O–H groups in total. The molecule has 18 heavy (non-hydrogen) atoms. The Morgan fingerprint density at radius 3 is 2.33 bits per heavy atom. The summed E-state index contributed by atoms with van der Waals surface area (Å²) in [5.74, 6) is 0.574. The molecule has 0 bridgehead atoms. The summed E-state index contributed by atoms with van der Waals surface area (Å²) < 4.78 is 18.1. The molecule has 0 saturated heterocycles. The molecule has 1 aromatic rings. The number of halogens is 1. The van der Waals surface area contributed by atoms with Gasteiger partial charge < -0.3 is 4.42 Å². The predicted octanol–water partition coefficient (Wildman–Crippen LogP) is 5.23. The fourth-order valence-electron chi connectivity index (χ4n) is 2.38. The third-order valence-corrected chi connectivity index (χ3v) is 3.66. The van der Waals surface area contributed by atoms with Crippen LogP contribution in [0.1, 0.15) is 78.0 Å². The van der Waals surface area contributed by atoms with E-state index in [9.17, 15) is 4.39 Å². The molecule has 0 spiro atoms. The molecule has 1 atom stereocenters. The van der Waals surface area contributed by atoms with Crippen LogP contribution in [0.25, 0.3) is 0 Å². The Balaban J connectivity index is 2.62. The number of hydrogen-bond donors (Lipinski definition) is 0. The molecule has 1 unspecified atom stereocenters. The van der Waals surface area contributed by atoms with Crippen LogP contribution in [-0.4, -0.2) is 4.98 Å². The van der Waals surface area contributed by atoms with Gasteiger partial charge in [-0.15, -0.1) is 0 Å². The lowest BCUT2D eigenvalue weighted by molar-refractivity contribution is 0.249. The molecule has 0 amide bonds. The Bertz CT molecular complexity index is 337. The molecule has 1 aromatic heterocycles. The molecular formula is C15H26FNO. The quantitative estimate of drug-likeness (QED) is 0.564. The topological polar surface area (TPSA) is 26.0 Å². The van der Waals surface area contributed by atoms with Crippen molar-refractivity contribution in [2.45, 2.75) is 77.6 Å². The first-order valence-electron chi connectivity index (χ1n) is 7.24. The summed E-state index contributed by atoms with van der Waals surface area (Å²) in [7, 11) is 0. The Morgan fingerprint density at radius 1 is 1.11 bits per heavy atom. The number of aromatic nitrogens is 1. The first-order valence-corrected chi connectivity index (χ1v) is 7.24. The third kappa shape index (κ3) is 4.43. The average molecular weight is 255 g/mol. The van der Waals surface area contributed by atoms with E-state index in [1.807, 2.05) is 0 Å². The summed E-state index contributed by atoms with van der Waals surface area (Å²) in [5, 5.41) is 0. The summed E-state index contributed by atoms with van der Waals surface area (Å²) in [4.78, 5) is 4.10. The van der Waals surface area contributed by atoms with Crippen LogP contribution in [0.15, 0.2) is 10.6 Å². The zero-order valence-corrected chi connectivity index (χ0v) is 12.0. The van der Waals surface area contributed by atoms with E-state index in [-0.39, 0.29) is 5.41 Å². The third-order valence-electron chi connectivity index (χ3n) is 3.66. The second-order valence-electron chi connectivity index (χ2n) is 5.44. The van der Waals surface area contributed by atoms with Gasteiger partial charge in [0.05, 0.1) is 0 Å². The minimum Gasteiger partial charge on any atom is -0.415 e. The van der Waals surface area contributed by atoms with Gasteiger partial charge in [0.2, 0.25) is 5.89 Å². The molecule has 0 aliphatic rings. The molecule has 0 fully saturated rings. The molecule has 104 valence electrons. The zero-order chi connectivity index (χ0) is 13.4. The van der Waals surface area contributed by atoms with Crippen LogP contribution < -0.4 is 0 Å². The van der Waals surface area contributed by atoms with Crippen molar-refractivity contribution in [3.8, 4) is 0 Å². The van der Waals surface area contributed by atoms with E-state index >= 15 is 0 Å². The van der Waals surface area contributed by atoms with Gasteiger partial charge in [-0.3, -0.25) is 0 Å². The molecule has 0 aromatic carbocycles. The van der Waals surface area contributed by atoms with Crippen molar-refractivity contribution in [3.05, 3.63) is 18.1 Å². The van der Waals surface area contributed by atoms with Gasteiger partial charge in [0.1, 0.15) is 6.20 Å². The summed E-state index contributed by atoms with van der Waals surface area (Å²) in [6.45, 7) is 6.53. The Morgan fingerprint density at radius 2 is 1.78 bits per heavy atom. The van der Waals surface area contributed by atoms with Crippen molar-refractivity contribution < 1.29 is 8.81 Å². The minimum atomic E-state index is -0.568. The average Bonchev–Trinajstić information content (AvgIpc) is 2.80. The summed E-state index contributed by atoms with van der Waals surface area (Å²) in [5.41, 5.74) is -0.103. The number of rotatable bonds is 9. The molecule has 1 heterocycles. The van der Waals surface area contributed by atoms with Gasteiger partial charge in [0.25, 0.3) is 6.01 Å². The lowest BCUT2D eigenvalue weighted by Gasteiger charge is -2.26. The normalized spacial score (nSPS) is 14.7. The highest BCUT2D eigenvalue weighted by Gasteiger charge is 2.30. The molecule has 2 nitrogen and oxygen atoms in total. The van der Waals surface area contributed by atoms with Crippen LogP contribution in [0.2, 0.25) is 0 Å². The smallest absolute Gasteiger partial charge is 0.298 e. The van der Waals surface area contributed by atoms with Gasteiger partial charge in [-0.2, -0.15) is 4.39 Å². The van der Waals surface area contributed by atoms with E-state index in [1.54, 1.807) is 0 Å². The fraction of sp³-hybridized carbons (Fsp3) is 0.800. The molecule has 3 heteroatoms. The predicted molar refractivity (Wildman–Crippen MR) is 72.1 cm³/mol. The molecule has 1 rings (SSSR count). The molecule has 0 radical (unpaired) electrons. The fourth-order valence-corrected chi connectivity index (χ4v) is 2.38. The van der Waals surface area contributed by atoms with Crippen LogP contribution in [0, 0.1) is 6.01 Å². The minimum absolute atomic E-state index is 0.103. The molecule has 0 aliphatic carbocycles. The number of oxazole rings is 1. The first kappa shape index (κ1) is 15.2. The van der Waals surface area contributed by atoms with E-state index in [0.717, 1.165) is 32.1 Å². The maximum absolute atomic E-state index is 13.0. The van der Waals surface area contributed by atoms with Crippen molar-refractivity contribution in [3.63, 3.8) is 0 Å². The number of nitrogens with zero attached hydrogens (tertiary/aromatic N) is 1. The van der Waals surface area contributed by atoms with Crippen LogP contribution in [-0.2, 0) is 5.41 Å². The summed E-state index contributed by atoms with van der Waals surface area (Å²) >= 11 is 0. The first-order chi connectivity index (χ1) is 8.62. The lowest BCUT2D eigenvalue weighted by atomic mass is 9.80. The van der Waals surface area contributed by atoms with Crippen molar-refractivity contribution in [2.24, 2.45) is 0 Å². The standard InChI is InChI=1S/C15H26FNO/c1-4-6-8-9-11-15(3,10-7-5-2)14-17-12-13(16)18-14/h12H,4-11H2,1-3H3. The van der Waals surface area contributed by atoms with Crippen LogP contribution in [0.5, 0.6) is 0 Å². The van der Waals surface area contributed by atoms with Crippen LogP contribution in [0.3, 0.4) is 0 Å². The monoisotopic (exact) mass is 255 g/mol. The Hall–Kier alpha value is -0.860. The van der Waals surface area contributed by atoms with E-state index in [4.69, 9.17) is 4.42 Å².